The zero-order chi connectivity index (χ0) is 21.2. The zero-order valence-corrected chi connectivity index (χ0v) is 16.8. The van der Waals surface area contributed by atoms with Crippen LogP contribution < -0.4 is 18.9 Å². The molecule has 156 valence electrons. The molecule has 2 aromatic carbocycles. The molecule has 0 saturated carbocycles. The van der Waals surface area contributed by atoms with Crippen LogP contribution in [0.15, 0.2) is 36.4 Å². The van der Waals surface area contributed by atoms with E-state index < -0.39 is 0 Å². The van der Waals surface area contributed by atoms with Gasteiger partial charge in [-0.1, -0.05) is 12.1 Å². The minimum atomic E-state index is -0.291. The molecule has 0 radical (unpaired) electrons. The fourth-order valence-electron chi connectivity index (χ4n) is 2.41. The molecular formula is C21H24O8. The number of aromatic hydroxyl groups is 1. The third kappa shape index (κ3) is 5.87. The number of ketones is 1. The number of hydrogen-bond donors (Lipinski definition) is 1. The van der Waals surface area contributed by atoms with Crippen LogP contribution in [0, 0.1) is 0 Å². The minimum Gasteiger partial charge on any atom is -0.502 e. The lowest BCUT2D eigenvalue weighted by Crippen LogP contribution is -2.04. The van der Waals surface area contributed by atoms with Gasteiger partial charge in [-0.15, -0.1) is 0 Å². The summed E-state index contributed by atoms with van der Waals surface area (Å²) < 4.78 is 31.0. The molecule has 0 amide bonds. The molecule has 0 unspecified atom stereocenters. The first kappa shape index (κ1) is 22.1. The lowest BCUT2D eigenvalue weighted by Gasteiger charge is -2.12. The zero-order valence-electron chi connectivity index (χ0n) is 16.8. The molecule has 2 rings (SSSR count). The van der Waals surface area contributed by atoms with Gasteiger partial charge in [-0.05, 0) is 35.9 Å². The molecular weight excluding hydrogens is 380 g/mol. The number of carbonyl (C=O) groups is 1. The van der Waals surface area contributed by atoms with Gasteiger partial charge >= 0.3 is 0 Å². The monoisotopic (exact) mass is 404 g/mol. The summed E-state index contributed by atoms with van der Waals surface area (Å²) >= 11 is 0. The van der Waals surface area contributed by atoms with E-state index in [0.717, 1.165) is 0 Å². The number of rotatable bonds is 11. The van der Waals surface area contributed by atoms with Crippen LogP contribution in [0.2, 0.25) is 0 Å². The van der Waals surface area contributed by atoms with Crippen LogP contribution in [0.5, 0.6) is 28.7 Å². The van der Waals surface area contributed by atoms with E-state index in [4.69, 9.17) is 28.4 Å². The molecule has 0 saturated heterocycles. The van der Waals surface area contributed by atoms with Crippen LogP contribution in [0.1, 0.15) is 15.9 Å². The Balaban J connectivity index is 2.25. The Hall–Kier alpha value is -3.23. The standard InChI is InChI=1S/C21H24O8/c1-24-12-28-17-8-6-14(9-18(17)29-13-25-2)5-7-16(22)15-10-19(26-3)21(23)20(11-15)27-4/h5-11,23H,12-13H2,1-4H3/b7-5+. The van der Waals surface area contributed by atoms with E-state index in [1.807, 2.05) is 0 Å². The van der Waals surface area contributed by atoms with Crippen molar-refractivity contribution in [2.24, 2.45) is 0 Å². The topological polar surface area (TPSA) is 92.7 Å². The maximum absolute atomic E-state index is 12.6. The van der Waals surface area contributed by atoms with Crippen LogP contribution in [0.25, 0.3) is 6.08 Å². The highest BCUT2D eigenvalue weighted by Crippen LogP contribution is 2.37. The summed E-state index contributed by atoms with van der Waals surface area (Å²) in [6.07, 6.45) is 3.03. The van der Waals surface area contributed by atoms with Gasteiger partial charge in [-0.2, -0.15) is 0 Å². The van der Waals surface area contributed by atoms with E-state index >= 15 is 0 Å². The first-order chi connectivity index (χ1) is 14.0. The molecule has 29 heavy (non-hydrogen) atoms. The molecule has 8 nitrogen and oxygen atoms in total. The van der Waals surface area contributed by atoms with Crippen molar-refractivity contribution in [3.63, 3.8) is 0 Å². The fraction of sp³-hybridized carbons (Fsp3) is 0.286. The molecule has 0 aromatic heterocycles. The number of allylic oxidation sites excluding steroid dienone is 1. The largest absolute Gasteiger partial charge is 0.502 e. The number of phenols is 1. The van der Waals surface area contributed by atoms with Gasteiger partial charge in [0.25, 0.3) is 0 Å². The molecule has 0 atom stereocenters. The van der Waals surface area contributed by atoms with Gasteiger partial charge in [0.05, 0.1) is 14.2 Å². The van der Waals surface area contributed by atoms with Crippen LogP contribution >= 0.6 is 0 Å². The second kappa shape index (κ2) is 10.9. The SMILES string of the molecule is COCOc1ccc(/C=C/C(=O)c2cc(OC)c(O)c(OC)c2)cc1OCOC. The van der Waals surface area contributed by atoms with Crippen molar-refractivity contribution in [3.8, 4) is 28.7 Å². The molecule has 1 N–H and O–H groups in total. The normalized spacial score (nSPS) is 10.8. The maximum Gasteiger partial charge on any atom is 0.200 e. The van der Waals surface area contributed by atoms with Crippen molar-refractivity contribution in [2.75, 3.05) is 42.0 Å². The van der Waals surface area contributed by atoms with E-state index in [1.54, 1.807) is 24.3 Å². The van der Waals surface area contributed by atoms with Crippen LogP contribution in [-0.4, -0.2) is 52.9 Å². The molecule has 0 heterocycles. The average molecular weight is 404 g/mol. The molecule has 0 aliphatic rings. The van der Waals surface area contributed by atoms with E-state index in [9.17, 15) is 9.90 Å². The smallest absolute Gasteiger partial charge is 0.200 e. The van der Waals surface area contributed by atoms with Crippen LogP contribution in [0.4, 0.5) is 0 Å². The van der Waals surface area contributed by atoms with Gasteiger partial charge in [0.1, 0.15) is 0 Å². The minimum absolute atomic E-state index is 0.0442. The Morgan fingerprint density at radius 2 is 1.45 bits per heavy atom. The Morgan fingerprint density at radius 3 is 2.00 bits per heavy atom. The second-order valence-corrected chi connectivity index (χ2v) is 5.73. The fourth-order valence-corrected chi connectivity index (χ4v) is 2.41. The molecule has 0 aliphatic heterocycles. The quantitative estimate of drug-likeness (QED) is 0.347. The van der Waals surface area contributed by atoms with Crippen molar-refractivity contribution < 1.29 is 38.3 Å². The highest BCUT2D eigenvalue weighted by Gasteiger charge is 2.14. The second-order valence-electron chi connectivity index (χ2n) is 5.73. The highest BCUT2D eigenvalue weighted by molar-refractivity contribution is 6.07. The van der Waals surface area contributed by atoms with Crippen molar-refractivity contribution >= 4 is 11.9 Å². The third-order valence-corrected chi connectivity index (χ3v) is 3.82. The first-order valence-corrected chi connectivity index (χ1v) is 8.59. The summed E-state index contributed by atoms with van der Waals surface area (Å²) in [6, 6.07) is 8.08. The number of hydrogen-bond acceptors (Lipinski definition) is 8. The highest BCUT2D eigenvalue weighted by atomic mass is 16.7. The summed E-state index contributed by atoms with van der Waals surface area (Å²) in [5, 5.41) is 9.97. The van der Waals surface area contributed by atoms with Gasteiger partial charge in [-0.3, -0.25) is 4.79 Å². The van der Waals surface area contributed by atoms with Crippen LogP contribution in [-0.2, 0) is 9.47 Å². The molecule has 0 fully saturated rings. The Kier molecular flexibility index (Phi) is 8.32. The first-order valence-electron chi connectivity index (χ1n) is 8.59. The number of benzene rings is 2. The summed E-state index contributed by atoms with van der Waals surface area (Å²) in [5.74, 6) is 0.779. The molecule has 8 heteroatoms. The Labute approximate surface area is 169 Å². The summed E-state index contributed by atoms with van der Waals surface area (Å²) in [5.41, 5.74) is 1.02. The number of methoxy groups -OCH3 is 4. The predicted molar refractivity (Wildman–Crippen MR) is 106 cm³/mol. The summed E-state index contributed by atoms with van der Waals surface area (Å²) in [7, 11) is 5.82. The van der Waals surface area contributed by atoms with E-state index in [-0.39, 0.29) is 36.6 Å². The van der Waals surface area contributed by atoms with Gasteiger partial charge in [-0.25, -0.2) is 0 Å². The van der Waals surface area contributed by atoms with E-state index in [0.29, 0.717) is 22.6 Å². The Bertz CT molecular complexity index is 835. The van der Waals surface area contributed by atoms with Gasteiger partial charge in [0, 0.05) is 19.8 Å². The molecule has 0 spiro atoms. The number of carbonyl (C=O) groups excluding carboxylic acids is 1. The summed E-state index contributed by atoms with van der Waals surface area (Å²) in [6.45, 7) is 0.115. The average Bonchev–Trinajstić information content (AvgIpc) is 2.75. The van der Waals surface area contributed by atoms with Gasteiger partial charge < -0.3 is 33.5 Å². The third-order valence-electron chi connectivity index (χ3n) is 3.82. The van der Waals surface area contributed by atoms with E-state index in [1.165, 1.54) is 46.6 Å². The maximum atomic E-state index is 12.6. The van der Waals surface area contributed by atoms with Crippen molar-refractivity contribution in [3.05, 3.63) is 47.5 Å². The molecule has 2 aromatic rings. The lowest BCUT2D eigenvalue weighted by molar-refractivity contribution is 0.0322. The van der Waals surface area contributed by atoms with Crippen LogP contribution in [0.3, 0.4) is 0 Å². The van der Waals surface area contributed by atoms with Gasteiger partial charge in [0.2, 0.25) is 5.75 Å². The molecule has 0 bridgehead atoms. The lowest BCUT2D eigenvalue weighted by atomic mass is 10.1. The number of ether oxygens (including phenoxy) is 6. The predicted octanol–water partition coefficient (Wildman–Crippen LogP) is 3.27. The van der Waals surface area contributed by atoms with Crippen molar-refractivity contribution in [1.29, 1.82) is 0 Å². The van der Waals surface area contributed by atoms with Crippen molar-refractivity contribution in [2.45, 2.75) is 0 Å². The number of phenolic OH excluding ortho intramolecular Hbond substituents is 1. The van der Waals surface area contributed by atoms with E-state index in [2.05, 4.69) is 0 Å². The molecule has 0 aliphatic carbocycles. The van der Waals surface area contributed by atoms with Gasteiger partial charge in [0.15, 0.2) is 42.4 Å². The van der Waals surface area contributed by atoms with Crippen molar-refractivity contribution in [1.82, 2.24) is 0 Å². The Morgan fingerprint density at radius 1 is 0.862 bits per heavy atom. The summed E-state index contributed by atoms with van der Waals surface area (Å²) in [4.78, 5) is 12.6.